The van der Waals surface area contributed by atoms with Gasteiger partial charge in [-0.1, -0.05) is 65.5 Å². The van der Waals surface area contributed by atoms with Gasteiger partial charge in [0.25, 0.3) is 0 Å². The zero-order valence-electron chi connectivity index (χ0n) is 9.64. The van der Waals surface area contributed by atoms with Crippen molar-refractivity contribution in [2.75, 3.05) is 0 Å². The van der Waals surface area contributed by atoms with E-state index in [2.05, 4.69) is 29.8 Å². The maximum Gasteiger partial charge on any atom is 0.0595 e. The van der Waals surface area contributed by atoms with Crippen LogP contribution in [0.3, 0.4) is 0 Å². The van der Waals surface area contributed by atoms with Crippen LogP contribution in [0, 0.1) is 5.92 Å². The number of rotatable bonds is 5. The molecule has 0 saturated heterocycles. The summed E-state index contributed by atoms with van der Waals surface area (Å²) in [5.41, 5.74) is 1.24. The molecule has 0 fully saturated rings. The van der Waals surface area contributed by atoms with Crippen molar-refractivity contribution >= 4 is 39.1 Å². The second-order valence-electron chi connectivity index (χ2n) is 4.23. The lowest BCUT2D eigenvalue weighted by Crippen LogP contribution is -2.13. The van der Waals surface area contributed by atoms with Crippen LogP contribution in [-0.4, -0.2) is 4.83 Å². The van der Waals surface area contributed by atoms with E-state index in [0.29, 0.717) is 20.8 Å². The predicted octanol–water partition coefficient (Wildman–Crippen LogP) is 5.74. The lowest BCUT2D eigenvalue weighted by Gasteiger charge is -2.17. The van der Waals surface area contributed by atoms with Gasteiger partial charge < -0.3 is 0 Å². The number of halogens is 3. The zero-order chi connectivity index (χ0) is 12.1. The Bertz CT molecular complexity index is 339. The molecule has 0 radical (unpaired) electrons. The minimum atomic E-state index is 0.504. The van der Waals surface area contributed by atoms with Crippen molar-refractivity contribution in [3.8, 4) is 0 Å². The van der Waals surface area contributed by atoms with Gasteiger partial charge in [0, 0.05) is 4.83 Å². The molecule has 0 heterocycles. The van der Waals surface area contributed by atoms with Crippen LogP contribution in [0.5, 0.6) is 0 Å². The third kappa shape index (κ3) is 4.27. The molecule has 0 saturated carbocycles. The SMILES string of the molecule is CCCC(C)C(Br)Cc1ccc(Cl)c(Cl)c1. The number of benzene rings is 1. The largest absolute Gasteiger partial charge is 0.0884 e. The molecule has 1 aromatic carbocycles. The van der Waals surface area contributed by atoms with Crippen LogP contribution in [0.4, 0.5) is 0 Å². The van der Waals surface area contributed by atoms with Gasteiger partial charge in [0.2, 0.25) is 0 Å². The van der Waals surface area contributed by atoms with Gasteiger partial charge in [-0.05, 0) is 36.5 Å². The fraction of sp³-hybridized carbons (Fsp3) is 0.538. The maximum atomic E-state index is 5.99. The first kappa shape index (κ1) is 14.3. The summed E-state index contributed by atoms with van der Waals surface area (Å²) < 4.78 is 0. The average molecular weight is 324 g/mol. The Morgan fingerprint density at radius 2 is 1.94 bits per heavy atom. The molecule has 1 rings (SSSR count). The van der Waals surface area contributed by atoms with Crippen molar-refractivity contribution in [1.82, 2.24) is 0 Å². The maximum absolute atomic E-state index is 5.99. The molecule has 0 aliphatic heterocycles. The second kappa shape index (κ2) is 6.88. The Hall–Kier alpha value is 0.280. The molecule has 0 aromatic heterocycles. The molecule has 16 heavy (non-hydrogen) atoms. The van der Waals surface area contributed by atoms with Crippen molar-refractivity contribution < 1.29 is 0 Å². The Balaban J connectivity index is 2.62. The Labute approximate surface area is 116 Å². The summed E-state index contributed by atoms with van der Waals surface area (Å²) in [6, 6.07) is 5.86. The minimum Gasteiger partial charge on any atom is -0.0884 e. The van der Waals surface area contributed by atoms with Crippen LogP contribution in [-0.2, 0) is 6.42 Å². The van der Waals surface area contributed by atoms with Crippen LogP contribution in [0.2, 0.25) is 10.0 Å². The van der Waals surface area contributed by atoms with Crippen molar-refractivity contribution in [3.63, 3.8) is 0 Å². The normalized spacial score (nSPS) is 14.8. The van der Waals surface area contributed by atoms with Crippen molar-refractivity contribution in [2.24, 2.45) is 5.92 Å². The molecule has 2 unspecified atom stereocenters. The van der Waals surface area contributed by atoms with Crippen molar-refractivity contribution in [1.29, 1.82) is 0 Å². The van der Waals surface area contributed by atoms with E-state index in [1.165, 1.54) is 18.4 Å². The molecule has 90 valence electrons. The van der Waals surface area contributed by atoms with Crippen LogP contribution in [0.15, 0.2) is 18.2 Å². The highest BCUT2D eigenvalue weighted by Crippen LogP contribution is 2.26. The first-order valence-corrected chi connectivity index (χ1v) is 7.29. The van der Waals surface area contributed by atoms with Crippen LogP contribution < -0.4 is 0 Å². The summed E-state index contributed by atoms with van der Waals surface area (Å²) in [4.78, 5) is 0.504. The summed E-state index contributed by atoms with van der Waals surface area (Å²) in [6.45, 7) is 4.50. The van der Waals surface area contributed by atoms with Gasteiger partial charge in [-0.3, -0.25) is 0 Å². The van der Waals surface area contributed by atoms with E-state index in [1.807, 2.05) is 18.2 Å². The summed E-state index contributed by atoms with van der Waals surface area (Å²) in [5, 5.41) is 1.26. The average Bonchev–Trinajstić information content (AvgIpc) is 2.24. The lowest BCUT2D eigenvalue weighted by atomic mass is 9.97. The van der Waals surface area contributed by atoms with Crippen molar-refractivity contribution in [3.05, 3.63) is 33.8 Å². The fourth-order valence-electron chi connectivity index (χ4n) is 1.73. The number of hydrogen-bond donors (Lipinski definition) is 0. The summed E-state index contributed by atoms with van der Waals surface area (Å²) in [5.74, 6) is 0.680. The highest BCUT2D eigenvalue weighted by molar-refractivity contribution is 9.09. The van der Waals surface area contributed by atoms with Gasteiger partial charge in [-0.15, -0.1) is 0 Å². The summed E-state index contributed by atoms with van der Waals surface area (Å²) in [7, 11) is 0. The van der Waals surface area contributed by atoms with E-state index in [0.717, 1.165) is 6.42 Å². The Morgan fingerprint density at radius 1 is 1.25 bits per heavy atom. The molecule has 0 aliphatic carbocycles. The van der Waals surface area contributed by atoms with E-state index < -0.39 is 0 Å². The molecule has 0 aliphatic rings. The van der Waals surface area contributed by atoms with E-state index >= 15 is 0 Å². The number of hydrogen-bond acceptors (Lipinski definition) is 0. The lowest BCUT2D eigenvalue weighted by molar-refractivity contribution is 0.505. The van der Waals surface area contributed by atoms with Gasteiger partial charge in [0.1, 0.15) is 0 Å². The van der Waals surface area contributed by atoms with Gasteiger partial charge >= 0.3 is 0 Å². The minimum absolute atomic E-state index is 0.504. The fourth-order valence-corrected chi connectivity index (χ4v) is 2.69. The smallest absolute Gasteiger partial charge is 0.0595 e. The van der Waals surface area contributed by atoms with E-state index in [-0.39, 0.29) is 0 Å². The predicted molar refractivity (Wildman–Crippen MR) is 77.0 cm³/mol. The molecule has 0 bridgehead atoms. The van der Waals surface area contributed by atoms with Gasteiger partial charge in [-0.25, -0.2) is 0 Å². The van der Waals surface area contributed by atoms with Crippen LogP contribution in [0.1, 0.15) is 32.3 Å². The Kier molecular flexibility index (Phi) is 6.17. The van der Waals surface area contributed by atoms with Crippen LogP contribution >= 0.6 is 39.1 Å². The quantitative estimate of drug-likeness (QED) is 0.606. The second-order valence-corrected chi connectivity index (χ2v) is 6.23. The summed E-state index contributed by atoms with van der Waals surface area (Å²) >= 11 is 15.6. The molecule has 3 heteroatoms. The molecule has 2 atom stereocenters. The highest BCUT2D eigenvalue weighted by Gasteiger charge is 2.14. The van der Waals surface area contributed by atoms with Crippen LogP contribution in [0.25, 0.3) is 0 Å². The van der Waals surface area contributed by atoms with Gasteiger partial charge in [0.05, 0.1) is 10.0 Å². The van der Waals surface area contributed by atoms with E-state index in [1.54, 1.807) is 0 Å². The molecule has 0 nitrogen and oxygen atoms in total. The molecular weight excluding hydrogens is 307 g/mol. The van der Waals surface area contributed by atoms with Crippen molar-refractivity contribution in [2.45, 2.75) is 37.9 Å². The monoisotopic (exact) mass is 322 g/mol. The topological polar surface area (TPSA) is 0 Å². The molecule has 0 spiro atoms. The number of alkyl halides is 1. The standard InChI is InChI=1S/C13H17BrCl2/c1-3-4-9(2)11(14)7-10-5-6-12(15)13(16)8-10/h5-6,8-9,11H,3-4,7H2,1-2H3. The molecular formula is C13H17BrCl2. The van der Waals surface area contributed by atoms with Gasteiger partial charge in [-0.2, -0.15) is 0 Å². The third-order valence-electron chi connectivity index (χ3n) is 2.78. The van der Waals surface area contributed by atoms with E-state index in [9.17, 15) is 0 Å². The Morgan fingerprint density at radius 3 is 2.50 bits per heavy atom. The first-order valence-electron chi connectivity index (χ1n) is 5.62. The molecule has 0 N–H and O–H groups in total. The highest BCUT2D eigenvalue weighted by atomic mass is 79.9. The first-order chi connectivity index (χ1) is 7.54. The van der Waals surface area contributed by atoms with E-state index in [4.69, 9.17) is 23.2 Å². The molecule has 0 amide bonds. The summed E-state index contributed by atoms with van der Waals surface area (Å²) in [6.07, 6.45) is 3.47. The van der Waals surface area contributed by atoms with Gasteiger partial charge in [0.15, 0.2) is 0 Å². The zero-order valence-corrected chi connectivity index (χ0v) is 12.7. The third-order valence-corrected chi connectivity index (χ3v) is 4.74. The molecule has 1 aromatic rings.